The lowest BCUT2D eigenvalue weighted by Gasteiger charge is -2.03. The van der Waals surface area contributed by atoms with E-state index in [0.29, 0.717) is 10.8 Å². The molecule has 2 rings (SSSR count). The van der Waals surface area contributed by atoms with Crippen LogP contribution in [0, 0.1) is 0 Å². The number of hydrogen-bond donors (Lipinski definition) is 1. The maximum Gasteiger partial charge on any atom is 0.250 e. The van der Waals surface area contributed by atoms with Gasteiger partial charge in [-0.2, -0.15) is 0 Å². The quantitative estimate of drug-likeness (QED) is 0.629. The SMILES string of the molecule is O=S(=O)(NCCCSc1nccs1)c1cccs1. The summed E-state index contributed by atoms with van der Waals surface area (Å²) in [5, 5.41) is 3.69. The summed E-state index contributed by atoms with van der Waals surface area (Å²) in [7, 11) is -3.30. The molecule has 0 unspecified atom stereocenters. The molecule has 98 valence electrons. The topological polar surface area (TPSA) is 59.1 Å². The van der Waals surface area contributed by atoms with Crippen molar-refractivity contribution in [3.8, 4) is 0 Å². The van der Waals surface area contributed by atoms with Crippen molar-refractivity contribution in [1.82, 2.24) is 9.71 Å². The van der Waals surface area contributed by atoms with Gasteiger partial charge in [0.1, 0.15) is 8.55 Å². The third-order valence-electron chi connectivity index (χ3n) is 2.01. The number of rotatable bonds is 7. The molecule has 4 nitrogen and oxygen atoms in total. The van der Waals surface area contributed by atoms with Gasteiger partial charge in [0.15, 0.2) is 0 Å². The smallest absolute Gasteiger partial charge is 0.238 e. The van der Waals surface area contributed by atoms with Crippen molar-refractivity contribution in [2.45, 2.75) is 15.0 Å². The van der Waals surface area contributed by atoms with Crippen LogP contribution in [0.15, 0.2) is 37.6 Å². The minimum atomic E-state index is -3.30. The van der Waals surface area contributed by atoms with Crippen molar-refractivity contribution in [3.63, 3.8) is 0 Å². The molecule has 0 radical (unpaired) electrons. The first-order valence-corrected chi connectivity index (χ1v) is 9.47. The molecule has 8 heteroatoms. The first-order chi connectivity index (χ1) is 8.68. The van der Waals surface area contributed by atoms with Crippen molar-refractivity contribution < 1.29 is 8.42 Å². The van der Waals surface area contributed by atoms with Gasteiger partial charge in [-0.1, -0.05) is 17.8 Å². The summed E-state index contributed by atoms with van der Waals surface area (Å²) in [4.78, 5) is 4.15. The monoisotopic (exact) mass is 320 g/mol. The minimum Gasteiger partial charge on any atom is -0.238 e. The van der Waals surface area contributed by atoms with Gasteiger partial charge in [-0.3, -0.25) is 0 Å². The van der Waals surface area contributed by atoms with Crippen molar-refractivity contribution >= 4 is 44.5 Å². The van der Waals surface area contributed by atoms with Crippen molar-refractivity contribution in [2.75, 3.05) is 12.3 Å². The highest BCUT2D eigenvalue weighted by Gasteiger charge is 2.13. The third-order valence-corrected chi connectivity index (χ3v) is 6.92. The summed E-state index contributed by atoms with van der Waals surface area (Å²) >= 11 is 4.48. The zero-order valence-electron chi connectivity index (χ0n) is 9.40. The molecule has 0 aliphatic rings. The number of thiophene rings is 1. The van der Waals surface area contributed by atoms with Gasteiger partial charge in [0.2, 0.25) is 10.0 Å². The van der Waals surface area contributed by atoms with E-state index in [1.807, 2.05) is 5.38 Å². The summed E-state index contributed by atoms with van der Waals surface area (Å²) in [5.41, 5.74) is 0. The Hall–Kier alpha value is -0.410. The molecular formula is C10H12N2O2S4. The number of aromatic nitrogens is 1. The van der Waals surface area contributed by atoms with Gasteiger partial charge in [-0.25, -0.2) is 18.1 Å². The van der Waals surface area contributed by atoms with Gasteiger partial charge in [0.25, 0.3) is 0 Å². The maximum absolute atomic E-state index is 11.8. The van der Waals surface area contributed by atoms with Gasteiger partial charge >= 0.3 is 0 Å². The number of thioether (sulfide) groups is 1. The number of thiazole rings is 1. The normalized spacial score (nSPS) is 11.8. The molecule has 2 aromatic rings. The lowest BCUT2D eigenvalue weighted by Crippen LogP contribution is -2.24. The Kier molecular flexibility index (Phi) is 5.19. The van der Waals surface area contributed by atoms with E-state index in [1.54, 1.807) is 46.8 Å². The predicted molar refractivity (Wildman–Crippen MR) is 77.0 cm³/mol. The molecule has 0 amide bonds. The fraction of sp³-hybridized carbons (Fsp3) is 0.300. The molecule has 1 N–H and O–H groups in total. The number of hydrogen-bond acceptors (Lipinski definition) is 6. The Morgan fingerprint density at radius 2 is 2.22 bits per heavy atom. The Bertz CT molecular complexity index is 549. The summed E-state index contributed by atoms with van der Waals surface area (Å²) in [6.45, 7) is 0.457. The first-order valence-electron chi connectivity index (χ1n) is 5.24. The third kappa shape index (κ3) is 4.06. The Morgan fingerprint density at radius 3 is 2.89 bits per heavy atom. The van der Waals surface area contributed by atoms with Crippen LogP contribution < -0.4 is 4.72 Å². The first kappa shape index (κ1) is 14.0. The van der Waals surface area contributed by atoms with Crippen LogP contribution in [0.3, 0.4) is 0 Å². The average Bonchev–Trinajstić information content (AvgIpc) is 3.02. The second-order valence-corrected chi connectivity index (χ2v) is 8.51. The molecule has 0 aliphatic heterocycles. The highest BCUT2D eigenvalue weighted by atomic mass is 32.2. The second kappa shape index (κ2) is 6.67. The molecule has 0 saturated heterocycles. The summed E-state index contributed by atoms with van der Waals surface area (Å²) in [6, 6.07) is 3.34. The molecule has 0 aromatic carbocycles. The van der Waals surface area contributed by atoms with Crippen LogP contribution >= 0.6 is 34.4 Å². The lowest BCUT2D eigenvalue weighted by atomic mass is 10.5. The Balaban J connectivity index is 1.69. The molecule has 0 aliphatic carbocycles. The molecule has 0 atom stereocenters. The summed E-state index contributed by atoms with van der Waals surface area (Å²) < 4.78 is 27.5. The van der Waals surface area contributed by atoms with E-state index in [-0.39, 0.29) is 0 Å². The van der Waals surface area contributed by atoms with Gasteiger partial charge < -0.3 is 0 Å². The largest absolute Gasteiger partial charge is 0.250 e. The molecule has 18 heavy (non-hydrogen) atoms. The van der Waals surface area contributed by atoms with Gasteiger partial charge in [0, 0.05) is 23.9 Å². The molecule has 0 fully saturated rings. The van der Waals surface area contributed by atoms with Crippen LogP contribution in [0.25, 0.3) is 0 Å². The van der Waals surface area contributed by atoms with E-state index in [4.69, 9.17) is 0 Å². The van der Waals surface area contributed by atoms with Gasteiger partial charge in [-0.05, 0) is 17.9 Å². The van der Waals surface area contributed by atoms with Crippen LogP contribution in [0.1, 0.15) is 6.42 Å². The number of nitrogens with one attached hydrogen (secondary N) is 1. The fourth-order valence-electron chi connectivity index (χ4n) is 1.21. The van der Waals surface area contributed by atoms with Crippen LogP contribution in [-0.4, -0.2) is 25.7 Å². The zero-order chi connectivity index (χ0) is 12.8. The summed E-state index contributed by atoms with van der Waals surface area (Å²) in [6.07, 6.45) is 2.56. The van der Waals surface area contributed by atoms with Crippen LogP contribution in [0.5, 0.6) is 0 Å². The van der Waals surface area contributed by atoms with E-state index < -0.39 is 10.0 Å². The molecule has 2 heterocycles. The van der Waals surface area contributed by atoms with E-state index in [1.165, 1.54) is 11.3 Å². The van der Waals surface area contributed by atoms with Crippen LogP contribution in [-0.2, 0) is 10.0 Å². The van der Waals surface area contributed by atoms with Gasteiger partial charge in [0.05, 0.1) is 0 Å². The van der Waals surface area contributed by atoms with Crippen LogP contribution in [0.4, 0.5) is 0 Å². The van der Waals surface area contributed by atoms with Gasteiger partial charge in [-0.15, -0.1) is 22.7 Å². The van der Waals surface area contributed by atoms with Crippen molar-refractivity contribution in [3.05, 3.63) is 29.1 Å². The zero-order valence-corrected chi connectivity index (χ0v) is 12.7. The second-order valence-electron chi connectivity index (χ2n) is 3.33. The Labute approximate surface area is 119 Å². The van der Waals surface area contributed by atoms with E-state index in [9.17, 15) is 8.42 Å². The van der Waals surface area contributed by atoms with Crippen molar-refractivity contribution in [1.29, 1.82) is 0 Å². The predicted octanol–water partition coefficient (Wildman–Crippen LogP) is 2.67. The molecule has 2 aromatic heterocycles. The average molecular weight is 320 g/mol. The fourth-order valence-corrected chi connectivity index (χ4v) is 4.97. The number of nitrogens with zero attached hydrogens (tertiary/aromatic N) is 1. The van der Waals surface area contributed by atoms with Crippen LogP contribution in [0.2, 0.25) is 0 Å². The summed E-state index contributed by atoms with van der Waals surface area (Å²) in [5.74, 6) is 0.862. The highest BCUT2D eigenvalue weighted by molar-refractivity contribution is 8.01. The lowest BCUT2D eigenvalue weighted by molar-refractivity contribution is 0.583. The van der Waals surface area contributed by atoms with E-state index in [0.717, 1.165) is 16.5 Å². The number of sulfonamides is 1. The maximum atomic E-state index is 11.8. The standard InChI is InChI=1S/C10H12N2O2S4/c13-18(14,9-3-1-6-15-9)12-4-2-7-16-10-11-5-8-17-10/h1,3,5-6,8,12H,2,4,7H2. The van der Waals surface area contributed by atoms with E-state index in [2.05, 4.69) is 9.71 Å². The van der Waals surface area contributed by atoms with Crippen molar-refractivity contribution in [2.24, 2.45) is 0 Å². The molecular weight excluding hydrogens is 308 g/mol. The molecule has 0 spiro atoms. The minimum absolute atomic E-state index is 0.370. The molecule has 0 bridgehead atoms. The molecule has 0 saturated carbocycles. The van der Waals surface area contributed by atoms with E-state index >= 15 is 0 Å². The Morgan fingerprint density at radius 1 is 1.33 bits per heavy atom. The highest BCUT2D eigenvalue weighted by Crippen LogP contribution is 2.20.